The predicted molar refractivity (Wildman–Crippen MR) is 209 cm³/mol. The number of hydrogen-bond acceptors (Lipinski definition) is 11. The van der Waals surface area contributed by atoms with Gasteiger partial charge in [-0.05, 0) is 32.2 Å². The Morgan fingerprint density at radius 2 is 1.56 bits per heavy atom. The van der Waals surface area contributed by atoms with Crippen molar-refractivity contribution in [2.75, 3.05) is 32.7 Å². The maximum Gasteiger partial charge on any atom is 0.330 e. The van der Waals surface area contributed by atoms with Crippen LogP contribution in [0, 0.1) is 5.92 Å². The Morgan fingerprint density at radius 3 is 2.18 bits per heavy atom. The van der Waals surface area contributed by atoms with Gasteiger partial charge in [0.15, 0.2) is 12.2 Å². The molecular formula is C38H67N9O8. The SMILES string of the molecule is CCCCCCCCCCCCCCCC(=O)NC[C@@H]1C[C@@H]2[C@H](C(=O)N1CCCN=C(N)N)[C@@H]([C@H]1O[C@@H](n3ccc(=O)[nH]c3=O)[C@H](O)[C@@H]1O)ON2CCCN. The molecule has 1 aromatic rings. The second-order valence-corrected chi connectivity index (χ2v) is 15.3. The number of ether oxygens (including phenoxy) is 1. The highest BCUT2D eigenvalue weighted by Gasteiger charge is 2.60. The van der Waals surface area contributed by atoms with Crippen LogP contribution in [0.25, 0.3) is 0 Å². The van der Waals surface area contributed by atoms with Crippen molar-refractivity contribution in [1.82, 2.24) is 24.8 Å². The standard InChI is InChI=1S/C38H67N9O8/c1-2-3-4-5-6-7-8-9-10-11-12-13-14-17-28(48)43-25-26-24-27-30(35(52)45(26)21-16-20-42-37(40)41)33(55-47(27)22-15-19-39)34-31(50)32(51)36(54-34)46-23-18-29(49)44-38(46)53/h18,23,26-27,30-34,36,50-51H,2-17,19-22,24-25,39H2,1H3,(H,43,48)(H4,40,41,42)(H,44,49,53)/t26-,27+,30-,31-,32+,33-,34-,36+/m0/s1. The molecule has 0 aromatic carbocycles. The monoisotopic (exact) mass is 778 g/mol. The molecule has 3 aliphatic rings. The minimum absolute atomic E-state index is 0.0519. The molecule has 55 heavy (non-hydrogen) atoms. The smallest absolute Gasteiger partial charge is 0.330 e. The van der Waals surface area contributed by atoms with Crippen LogP contribution in [-0.2, 0) is 19.2 Å². The average molecular weight is 778 g/mol. The Bertz CT molecular complexity index is 1470. The van der Waals surface area contributed by atoms with Crippen molar-refractivity contribution in [1.29, 1.82) is 0 Å². The lowest BCUT2D eigenvalue weighted by molar-refractivity contribution is -0.202. The Hall–Kier alpha value is -3.35. The van der Waals surface area contributed by atoms with E-state index >= 15 is 0 Å². The topological polar surface area (TPSA) is 257 Å². The first kappa shape index (κ1) is 44.4. The summed E-state index contributed by atoms with van der Waals surface area (Å²) in [5.41, 5.74) is 15.5. The van der Waals surface area contributed by atoms with Gasteiger partial charge in [0.05, 0.1) is 18.0 Å². The number of nitrogens with zero attached hydrogens (tertiary/aromatic N) is 4. The van der Waals surface area contributed by atoms with Crippen LogP contribution in [0.4, 0.5) is 0 Å². The second-order valence-electron chi connectivity index (χ2n) is 15.3. The highest BCUT2D eigenvalue weighted by Crippen LogP contribution is 2.43. The van der Waals surface area contributed by atoms with Gasteiger partial charge in [0.2, 0.25) is 11.8 Å². The number of rotatable bonds is 25. The third-order valence-electron chi connectivity index (χ3n) is 11.1. The summed E-state index contributed by atoms with van der Waals surface area (Å²) in [4.78, 5) is 66.0. The van der Waals surface area contributed by atoms with Crippen molar-refractivity contribution >= 4 is 17.8 Å². The van der Waals surface area contributed by atoms with E-state index in [1.807, 2.05) is 0 Å². The van der Waals surface area contributed by atoms with Gasteiger partial charge in [-0.15, -0.1) is 0 Å². The molecule has 4 rings (SSSR count). The van der Waals surface area contributed by atoms with Gasteiger partial charge in [-0.2, -0.15) is 5.06 Å². The molecule has 1 aromatic heterocycles. The molecular weight excluding hydrogens is 710 g/mol. The number of carbonyl (C=O) groups excluding carboxylic acids is 2. The van der Waals surface area contributed by atoms with Gasteiger partial charge in [-0.25, -0.2) is 4.79 Å². The van der Waals surface area contributed by atoms with Crippen LogP contribution in [0.3, 0.4) is 0 Å². The molecule has 3 saturated heterocycles. The molecule has 0 bridgehead atoms. The molecule has 3 aliphatic heterocycles. The number of amides is 2. The fraction of sp³-hybridized carbons (Fsp3) is 0.816. The number of piperidine rings is 1. The number of hydrogen-bond donors (Lipinski definition) is 7. The zero-order valence-electron chi connectivity index (χ0n) is 32.7. The molecule has 3 fully saturated rings. The number of unbranched alkanes of at least 4 members (excludes halogenated alkanes) is 12. The number of fused-ring (bicyclic) bond motifs is 1. The summed E-state index contributed by atoms with van der Waals surface area (Å²) in [6.45, 7) is 3.88. The number of carbonyl (C=O) groups is 2. The molecule has 0 aliphatic carbocycles. The number of guanidine groups is 1. The average Bonchev–Trinajstić information content (AvgIpc) is 3.66. The van der Waals surface area contributed by atoms with E-state index in [9.17, 15) is 29.4 Å². The highest BCUT2D eigenvalue weighted by atomic mass is 16.7. The van der Waals surface area contributed by atoms with Gasteiger partial charge in [-0.3, -0.25) is 33.8 Å². The lowest BCUT2D eigenvalue weighted by Crippen LogP contribution is -2.60. The van der Waals surface area contributed by atoms with Crippen LogP contribution >= 0.6 is 0 Å². The summed E-state index contributed by atoms with van der Waals surface area (Å²) in [7, 11) is 0. The van der Waals surface area contributed by atoms with Crippen molar-refractivity contribution < 1.29 is 29.4 Å². The summed E-state index contributed by atoms with van der Waals surface area (Å²) in [5.74, 6) is -1.18. The van der Waals surface area contributed by atoms with E-state index in [2.05, 4.69) is 22.2 Å². The number of aromatic nitrogens is 2. The van der Waals surface area contributed by atoms with Crippen LogP contribution in [-0.4, -0.2) is 117 Å². The zero-order chi connectivity index (χ0) is 39.7. The number of aliphatic hydroxyl groups is 2. The van der Waals surface area contributed by atoms with Gasteiger partial charge < -0.3 is 42.4 Å². The summed E-state index contributed by atoms with van der Waals surface area (Å²) in [6.07, 6.45) is 12.4. The first-order valence-electron chi connectivity index (χ1n) is 20.7. The minimum atomic E-state index is -1.55. The number of hydroxylamine groups is 2. The first-order valence-corrected chi connectivity index (χ1v) is 20.7. The van der Waals surface area contributed by atoms with Gasteiger partial charge in [-0.1, -0.05) is 84.0 Å². The van der Waals surface area contributed by atoms with E-state index < -0.39 is 53.9 Å². The zero-order valence-corrected chi connectivity index (χ0v) is 32.7. The lowest BCUT2D eigenvalue weighted by Gasteiger charge is -2.43. The molecule has 2 amide bonds. The first-order chi connectivity index (χ1) is 26.6. The van der Waals surface area contributed by atoms with Crippen LogP contribution in [0.1, 0.15) is 122 Å². The molecule has 0 radical (unpaired) electrons. The van der Waals surface area contributed by atoms with Crippen molar-refractivity contribution in [3.8, 4) is 0 Å². The molecule has 10 N–H and O–H groups in total. The third-order valence-corrected chi connectivity index (χ3v) is 11.1. The molecule has 0 unspecified atom stereocenters. The number of aromatic amines is 1. The van der Waals surface area contributed by atoms with E-state index in [4.69, 9.17) is 26.8 Å². The number of aliphatic hydroxyl groups excluding tert-OH is 2. The van der Waals surface area contributed by atoms with Crippen molar-refractivity contribution in [3.63, 3.8) is 0 Å². The van der Waals surface area contributed by atoms with Gasteiger partial charge in [0.25, 0.3) is 5.56 Å². The summed E-state index contributed by atoms with van der Waals surface area (Å²) in [6, 6.07) is 0.305. The van der Waals surface area contributed by atoms with Crippen LogP contribution in [0.15, 0.2) is 26.8 Å². The molecule has 0 saturated carbocycles. The Kier molecular flexibility index (Phi) is 18.6. The number of likely N-dealkylation sites (tertiary alicyclic amines) is 1. The molecule has 17 heteroatoms. The van der Waals surface area contributed by atoms with Crippen LogP contribution in [0.5, 0.6) is 0 Å². The summed E-state index contributed by atoms with van der Waals surface area (Å²) < 4.78 is 7.07. The Labute approximate surface area is 324 Å². The maximum atomic E-state index is 14.5. The van der Waals surface area contributed by atoms with Crippen molar-refractivity contribution in [3.05, 3.63) is 33.1 Å². The van der Waals surface area contributed by atoms with E-state index in [1.165, 1.54) is 70.4 Å². The molecule has 0 spiro atoms. The van der Waals surface area contributed by atoms with E-state index in [1.54, 1.807) is 9.96 Å². The van der Waals surface area contributed by atoms with Gasteiger partial charge >= 0.3 is 5.69 Å². The molecule has 17 nitrogen and oxygen atoms in total. The Morgan fingerprint density at radius 1 is 0.909 bits per heavy atom. The van der Waals surface area contributed by atoms with Crippen LogP contribution < -0.4 is 33.8 Å². The predicted octanol–water partition coefficient (Wildman–Crippen LogP) is 0.967. The van der Waals surface area contributed by atoms with Gasteiger partial charge in [0.1, 0.15) is 24.4 Å². The number of aliphatic imine (C=N–C) groups is 1. The number of H-pyrrole nitrogens is 1. The normalized spacial score (nSPS) is 26.7. The van der Waals surface area contributed by atoms with Crippen LogP contribution in [0.2, 0.25) is 0 Å². The lowest BCUT2D eigenvalue weighted by atomic mass is 9.81. The molecule has 8 atom stereocenters. The van der Waals surface area contributed by atoms with E-state index in [0.29, 0.717) is 51.9 Å². The van der Waals surface area contributed by atoms with Crippen molar-refractivity contribution in [2.45, 2.75) is 159 Å². The third kappa shape index (κ3) is 12.8. The van der Waals surface area contributed by atoms with Crippen molar-refractivity contribution in [2.24, 2.45) is 28.1 Å². The molecule has 4 heterocycles. The summed E-state index contributed by atoms with van der Waals surface area (Å²) >= 11 is 0. The summed E-state index contributed by atoms with van der Waals surface area (Å²) in [5, 5.41) is 27.0. The fourth-order valence-electron chi connectivity index (χ4n) is 8.15. The highest BCUT2D eigenvalue weighted by molar-refractivity contribution is 5.82. The largest absolute Gasteiger partial charge is 0.387 e. The fourth-order valence-corrected chi connectivity index (χ4v) is 8.15. The number of nitrogens with two attached hydrogens (primary N) is 3. The quantitative estimate of drug-likeness (QED) is 0.0417. The van der Waals surface area contributed by atoms with E-state index in [0.717, 1.165) is 29.9 Å². The molecule has 312 valence electrons. The Balaban J connectivity index is 1.36. The van der Waals surface area contributed by atoms with Gasteiger partial charge in [0, 0.05) is 44.9 Å². The number of nitrogens with one attached hydrogen (secondary N) is 2. The minimum Gasteiger partial charge on any atom is -0.387 e. The maximum absolute atomic E-state index is 14.5. The van der Waals surface area contributed by atoms with E-state index in [-0.39, 0.29) is 30.4 Å². The second kappa shape index (κ2) is 23.0.